The number of alkyl halides is 5. The molecule has 264 valence electrons. The van der Waals surface area contributed by atoms with Crippen LogP contribution < -0.4 is 10.5 Å². The predicted octanol–water partition coefficient (Wildman–Crippen LogP) is 6.42. The van der Waals surface area contributed by atoms with Crippen LogP contribution in [-0.2, 0) is 30.4 Å². The second kappa shape index (κ2) is 13.6. The summed E-state index contributed by atoms with van der Waals surface area (Å²) in [4.78, 5) is 31.3. The van der Waals surface area contributed by atoms with Gasteiger partial charge in [0.05, 0.1) is 11.0 Å². The van der Waals surface area contributed by atoms with Gasteiger partial charge in [-0.2, -0.15) is 22.0 Å². The fourth-order valence-corrected chi connectivity index (χ4v) is 8.79. The Balaban J connectivity index is 1.46. The third kappa shape index (κ3) is 7.23. The molecule has 3 aromatic carbocycles. The number of hydroxylamine groups is 1. The summed E-state index contributed by atoms with van der Waals surface area (Å²) in [5.41, 5.74) is 5.23. The maximum atomic E-state index is 16.7. The topological polar surface area (TPSA) is 119 Å². The Morgan fingerprint density at radius 1 is 0.878 bits per heavy atom. The number of amides is 1. The van der Waals surface area contributed by atoms with Crippen molar-refractivity contribution in [1.82, 2.24) is 9.37 Å². The maximum Gasteiger partial charge on any atom is 0.492 e. The van der Waals surface area contributed by atoms with Gasteiger partial charge in [-0.15, -0.1) is 0 Å². The zero-order valence-corrected chi connectivity index (χ0v) is 28.9. The molecule has 0 aromatic heterocycles. The van der Waals surface area contributed by atoms with E-state index in [0.717, 1.165) is 54.8 Å². The van der Waals surface area contributed by atoms with Gasteiger partial charge in [-0.3, -0.25) is 4.79 Å². The average Bonchev–Trinajstić information content (AvgIpc) is 3.65. The molecule has 3 aromatic rings. The second-order valence-corrected chi connectivity index (χ2v) is 15.8. The Morgan fingerprint density at radius 3 is 2.08 bits per heavy atom. The van der Waals surface area contributed by atoms with Gasteiger partial charge in [-0.1, -0.05) is 24.3 Å². The molecule has 2 unspecified atom stereocenters. The zero-order chi connectivity index (χ0) is 35.3. The van der Waals surface area contributed by atoms with E-state index >= 15 is 8.78 Å². The number of carbonyl (C=O) groups is 2. The molecular weight excluding hydrogens is 788 g/mol. The Hall–Kier alpha value is -3.09. The summed E-state index contributed by atoms with van der Waals surface area (Å²) in [5.74, 6) is -8.56. The molecule has 2 N–H and O–H groups in total. The van der Waals surface area contributed by atoms with Crippen LogP contribution in [0.15, 0.2) is 65.6 Å². The molecule has 9 nitrogen and oxygen atoms in total. The van der Waals surface area contributed by atoms with Gasteiger partial charge in [0.15, 0.2) is 0 Å². The van der Waals surface area contributed by atoms with Crippen LogP contribution in [0.5, 0.6) is 5.75 Å². The largest absolute Gasteiger partial charge is 0.492 e. The monoisotopic (exact) mass is 821 g/mol. The first kappa shape index (κ1) is 35.7. The molecule has 3 aliphatic rings. The van der Waals surface area contributed by atoms with Gasteiger partial charge in [-0.25, -0.2) is 13.2 Å². The van der Waals surface area contributed by atoms with Crippen molar-refractivity contribution in [2.75, 3.05) is 0 Å². The molecule has 1 amide bonds. The van der Waals surface area contributed by atoms with Gasteiger partial charge in [0.2, 0.25) is 6.04 Å². The first-order valence-corrected chi connectivity index (χ1v) is 18.3. The molecule has 2 heterocycles. The van der Waals surface area contributed by atoms with Crippen LogP contribution in [0.25, 0.3) is 10.8 Å². The third-order valence-electron chi connectivity index (χ3n) is 9.37. The molecule has 16 heteroatoms. The third-order valence-corrected chi connectivity index (χ3v) is 11.7. The van der Waals surface area contributed by atoms with Crippen molar-refractivity contribution < 1.29 is 49.5 Å². The Bertz CT molecular complexity index is 1820. The van der Waals surface area contributed by atoms with E-state index in [-0.39, 0.29) is 30.4 Å². The Kier molecular flexibility index (Phi) is 9.89. The summed E-state index contributed by atoms with van der Waals surface area (Å²) in [5, 5.41) is 0.767. The highest BCUT2D eigenvalue weighted by Gasteiger charge is 2.60. The molecule has 3 fully saturated rings. The fourth-order valence-electron chi connectivity index (χ4n) is 7.04. The zero-order valence-electron chi connectivity index (χ0n) is 25.9. The number of carbonyl (C=O) groups excluding carboxylic acids is 2. The summed E-state index contributed by atoms with van der Waals surface area (Å²) in [7, 11) is -5.58. The average molecular weight is 822 g/mol. The van der Waals surface area contributed by atoms with Crippen LogP contribution >= 0.6 is 22.6 Å². The summed E-state index contributed by atoms with van der Waals surface area (Å²) in [6.07, 6.45) is -0.732. The quantitative estimate of drug-likeness (QED) is 0.151. The Labute approximate surface area is 293 Å². The van der Waals surface area contributed by atoms with Gasteiger partial charge in [-0.05, 0) is 126 Å². The second-order valence-electron chi connectivity index (χ2n) is 12.7. The number of nitrogens with two attached hydrogens (primary N) is 1. The van der Waals surface area contributed by atoms with Crippen molar-refractivity contribution in [1.29, 1.82) is 0 Å². The van der Waals surface area contributed by atoms with E-state index in [9.17, 15) is 31.2 Å². The molecule has 49 heavy (non-hydrogen) atoms. The number of piperidine rings is 1. The number of nitrogens with zero attached hydrogens (tertiary/aromatic N) is 2. The molecule has 2 saturated heterocycles. The molecule has 0 radical (unpaired) electrons. The van der Waals surface area contributed by atoms with Crippen LogP contribution in [-0.4, -0.2) is 66.1 Å². The maximum absolute atomic E-state index is 16.7. The fraction of sp³-hybridized carbons (Fsp3) is 0.455. The van der Waals surface area contributed by atoms with Crippen molar-refractivity contribution in [2.24, 2.45) is 5.73 Å². The number of rotatable bonds is 9. The van der Waals surface area contributed by atoms with Gasteiger partial charge in [0, 0.05) is 27.3 Å². The highest BCUT2D eigenvalue weighted by atomic mass is 127. The van der Waals surface area contributed by atoms with Crippen LogP contribution in [0.3, 0.4) is 0 Å². The summed E-state index contributed by atoms with van der Waals surface area (Å²) < 4.78 is 109. The van der Waals surface area contributed by atoms with Gasteiger partial charge in [0.25, 0.3) is 15.9 Å². The van der Waals surface area contributed by atoms with E-state index in [1.807, 2.05) is 22.6 Å². The lowest BCUT2D eigenvalue weighted by Gasteiger charge is -2.42. The van der Waals surface area contributed by atoms with E-state index in [0.29, 0.717) is 27.5 Å². The number of halogens is 6. The molecular formula is C33H33F5IN3O6S. The first-order valence-electron chi connectivity index (χ1n) is 15.8. The summed E-state index contributed by atoms with van der Waals surface area (Å²) >= 11 is 1.84. The van der Waals surface area contributed by atoms with Crippen LogP contribution in [0.2, 0.25) is 0 Å². The smallest absolute Gasteiger partial charge is 0.490 e. The number of ether oxygens (including phenoxy) is 1. The molecule has 3 atom stereocenters. The number of fused-ring (bicyclic) bond motifs is 3. The minimum Gasteiger partial charge on any atom is -0.490 e. The molecule has 2 aliphatic heterocycles. The predicted molar refractivity (Wildman–Crippen MR) is 176 cm³/mol. The van der Waals surface area contributed by atoms with E-state index in [1.165, 1.54) is 24.3 Å². The molecule has 0 spiro atoms. The minimum atomic E-state index is -5.80. The highest BCUT2D eigenvalue weighted by molar-refractivity contribution is 14.1. The first-order chi connectivity index (χ1) is 23.1. The van der Waals surface area contributed by atoms with Crippen LogP contribution in [0, 0.1) is 3.57 Å². The molecule has 2 bridgehead atoms. The van der Waals surface area contributed by atoms with Crippen LogP contribution in [0.1, 0.15) is 56.9 Å². The SMILES string of the molecule is NC1CC2CCC(C1)N2C(=O)[C@H](N(OC(=O)C(F)(F)F)S(=O)(=O)c1ccc2cc(OC3CCCC3)ccc2c1)C(F)(F)c1ccc(I)cc1. The Morgan fingerprint density at radius 2 is 1.47 bits per heavy atom. The van der Waals surface area contributed by atoms with Crippen LogP contribution in [0.4, 0.5) is 22.0 Å². The van der Waals surface area contributed by atoms with E-state index in [2.05, 4.69) is 4.84 Å². The molecule has 1 aliphatic carbocycles. The van der Waals surface area contributed by atoms with E-state index in [1.54, 1.807) is 12.1 Å². The van der Waals surface area contributed by atoms with E-state index in [4.69, 9.17) is 10.5 Å². The minimum absolute atomic E-state index is 0.0316. The lowest BCUT2D eigenvalue weighted by molar-refractivity contribution is -0.240. The number of hydrogen-bond acceptors (Lipinski definition) is 7. The lowest BCUT2D eigenvalue weighted by Crippen LogP contribution is -2.62. The molecule has 1 saturated carbocycles. The summed E-state index contributed by atoms with van der Waals surface area (Å²) in [6.45, 7) is 0. The van der Waals surface area contributed by atoms with Gasteiger partial charge in [0.1, 0.15) is 5.75 Å². The van der Waals surface area contributed by atoms with Crippen molar-refractivity contribution in [3.8, 4) is 5.75 Å². The number of sulfonamides is 1. The van der Waals surface area contributed by atoms with Crippen molar-refractivity contribution in [3.63, 3.8) is 0 Å². The van der Waals surface area contributed by atoms with Gasteiger partial charge < -0.3 is 20.2 Å². The normalized spacial score (nSPS) is 22.4. The van der Waals surface area contributed by atoms with Gasteiger partial charge >= 0.3 is 18.1 Å². The number of benzene rings is 3. The summed E-state index contributed by atoms with van der Waals surface area (Å²) in [6, 6.07) is 7.59. The van der Waals surface area contributed by atoms with Crippen molar-refractivity contribution in [2.45, 2.75) is 98.6 Å². The molecule has 6 rings (SSSR count). The standard InChI is InChI=1S/C33H33F5IN3O6S/c34-32(35,21-7-9-22(39)10-8-21)29(30(43)41-24-11-12-25(41)18-23(40)17-24)42(48-31(44)33(36,37)38)49(45,46)28-14-6-19-15-27(13-5-20(19)16-28)47-26-3-1-2-4-26/h5-10,13-16,23-26,29H,1-4,11-12,17-18,40H2/t23?,24?,25?,29-/m0/s1. The van der Waals surface area contributed by atoms with E-state index < -0.39 is 67.1 Å². The number of hydrogen-bond donors (Lipinski definition) is 1. The van der Waals surface area contributed by atoms with Crippen molar-refractivity contribution in [3.05, 3.63) is 69.8 Å². The van der Waals surface area contributed by atoms with Crippen molar-refractivity contribution >= 4 is 55.3 Å². The highest BCUT2D eigenvalue weighted by Crippen LogP contribution is 2.43. The lowest BCUT2D eigenvalue weighted by atomic mass is 9.94.